The van der Waals surface area contributed by atoms with Crippen molar-refractivity contribution in [2.24, 2.45) is 0 Å². The van der Waals surface area contributed by atoms with Crippen molar-refractivity contribution in [2.45, 2.75) is 24.7 Å². The normalized spacial score (nSPS) is 18.6. The summed E-state index contributed by atoms with van der Waals surface area (Å²) in [6, 6.07) is 1.75. The number of benzene rings is 1. The second-order valence-electron chi connectivity index (χ2n) is 4.08. The number of phenolic OH excluding ortho intramolecular Hbond substituents is 1. The molecule has 1 saturated carbocycles. The van der Waals surface area contributed by atoms with Crippen LogP contribution in [0.5, 0.6) is 5.75 Å². The monoisotopic (exact) mass is 214 g/mol. The SMILES string of the molecule is OCC1(c2cc(F)cc(F)c2O)CCC1. The molecule has 2 N–H and O–H groups in total. The molecule has 82 valence electrons. The van der Waals surface area contributed by atoms with Gasteiger partial charge in [-0.1, -0.05) is 6.42 Å². The van der Waals surface area contributed by atoms with Gasteiger partial charge in [0.15, 0.2) is 11.6 Å². The Kier molecular flexibility index (Phi) is 2.38. The molecule has 0 amide bonds. The van der Waals surface area contributed by atoms with E-state index in [0.717, 1.165) is 12.5 Å². The van der Waals surface area contributed by atoms with Crippen LogP contribution < -0.4 is 0 Å². The largest absolute Gasteiger partial charge is 0.505 e. The molecule has 0 aromatic heterocycles. The van der Waals surface area contributed by atoms with E-state index in [4.69, 9.17) is 0 Å². The Bertz CT molecular complexity index is 381. The highest BCUT2D eigenvalue weighted by molar-refractivity contribution is 5.41. The maximum Gasteiger partial charge on any atom is 0.168 e. The molecule has 1 aromatic rings. The number of aliphatic hydroxyl groups is 1. The molecule has 0 saturated heterocycles. The van der Waals surface area contributed by atoms with Gasteiger partial charge in [0.2, 0.25) is 0 Å². The molecule has 0 bridgehead atoms. The molecule has 1 fully saturated rings. The van der Waals surface area contributed by atoms with Gasteiger partial charge in [-0.15, -0.1) is 0 Å². The zero-order valence-electron chi connectivity index (χ0n) is 8.13. The molecule has 1 aromatic carbocycles. The van der Waals surface area contributed by atoms with E-state index in [0.29, 0.717) is 18.9 Å². The standard InChI is InChI=1S/C11H12F2O2/c12-7-4-8(10(15)9(13)5-7)11(6-14)2-1-3-11/h4-5,14-15H,1-3,6H2. The summed E-state index contributed by atoms with van der Waals surface area (Å²) in [4.78, 5) is 0. The van der Waals surface area contributed by atoms with Crippen molar-refractivity contribution >= 4 is 0 Å². The minimum absolute atomic E-state index is 0.189. The van der Waals surface area contributed by atoms with Crippen LogP contribution in [0.15, 0.2) is 12.1 Å². The number of aliphatic hydroxyl groups excluding tert-OH is 1. The van der Waals surface area contributed by atoms with Crippen molar-refractivity contribution in [3.8, 4) is 5.75 Å². The molecule has 0 aliphatic heterocycles. The lowest BCUT2D eigenvalue weighted by Gasteiger charge is -2.41. The maximum absolute atomic E-state index is 13.1. The number of rotatable bonds is 2. The van der Waals surface area contributed by atoms with Crippen molar-refractivity contribution in [1.82, 2.24) is 0 Å². The lowest BCUT2D eigenvalue weighted by molar-refractivity contribution is 0.116. The summed E-state index contributed by atoms with van der Waals surface area (Å²) < 4.78 is 26.1. The van der Waals surface area contributed by atoms with Gasteiger partial charge in [-0.25, -0.2) is 8.78 Å². The molecule has 0 atom stereocenters. The summed E-state index contributed by atoms with van der Waals surface area (Å²) >= 11 is 0. The Morgan fingerprint density at radius 1 is 1.27 bits per heavy atom. The van der Waals surface area contributed by atoms with E-state index >= 15 is 0 Å². The van der Waals surface area contributed by atoms with E-state index in [-0.39, 0.29) is 12.2 Å². The fourth-order valence-electron chi connectivity index (χ4n) is 2.09. The molecular weight excluding hydrogens is 202 g/mol. The molecule has 2 rings (SSSR count). The van der Waals surface area contributed by atoms with Gasteiger partial charge in [0.05, 0.1) is 6.61 Å². The Hall–Kier alpha value is -1.16. The van der Waals surface area contributed by atoms with Crippen molar-refractivity contribution in [3.63, 3.8) is 0 Å². The average Bonchev–Trinajstić information content (AvgIpc) is 2.12. The van der Waals surface area contributed by atoms with E-state index in [1.54, 1.807) is 0 Å². The Labute approximate surface area is 86.2 Å². The van der Waals surface area contributed by atoms with E-state index < -0.39 is 22.8 Å². The molecule has 0 unspecified atom stereocenters. The van der Waals surface area contributed by atoms with Crippen LogP contribution in [0.2, 0.25) is 0 Å². The second-order valence-corrected chi connectivity index (χ2v) is 4.08. The smallest absolute Gasteiger partial charge is 0.168 e. The molecule has 2 nitrogen and oxygen atoms in total. The Morgan fingerprint density at radius 3 is 2.40 bits per heavy atom. The number of hydrogen-bond acceptors (Lipinski definition) is 2. The Morgan fingerprint density at radius 2 is 1.93 bits per heavy atom. The third-order valence-electron chi connectivity index (χ3n) is 3.21. The van der Waals surface area contributed by atoms with E-state index in [2.05, 4.69) is 0 Å². The number of aromatic hydroxyl groups is 1. The first-order valence-electron chi connectivity index (χ1n) is 4.88. The van der Waals surface area contributed by atoms with Gasteiger partial charge in [0.1, 0.15) is 5.82 Å². The molecule has 4 heteroatoms. The highest BCUT2D eigenvalue weighted by Crippen LogP contribution is 2.47. The lowest BCUT2D eigenvalue weighted by Crippen LogP contribution is -2.38. The van der Waals surface area contributed by atoms with Gasteiger partial charge >= 0.3 is 0 Å². The average molecular weight is 214 g/mol. The van der Waals surface area contributed by atoms with Crippen LogP contribution in [0.25, 0.3) is 0 Å². The van der Waals surface area contributed by atoms with Gasteiger partial charge in [0.25, 0.3) is 0 Å². The number of hydrogen-bond donors (Lipinski definition) is 2. The van der Waals surface area contributed by atoms with Crippen molar-refractivity contribution in [3.05, 3.63) is 29.3 Å². The minimum Gasteiger partial charge on any atom is -0.505 e. The van der Waals surface area contributed by atoms with Crippen molar-refractivity contribution in [2.75, 3.05) is 6.61 Å². The first-order chi connectivity index (χ1) is 7.09. The topological polar surface area (TPSA) is 40.5 Å². The van der Waals surface area contributed by atoms with Crippen molar-refractivity contribution in [1.29, 1.82) is 0 Å². The van der Waals surface area contributed by atoms with Crippen LogP contribution in [0.3, 0.4) is 0 Å². The van der Waals surface area contributed by atoms with Crippen LogP contribution in [0.1, 0.15) is 24.8 Å². The van der Waals surface area contributed by atoms with Crippen LogP contribution >= 0.6 is 0 Å². The first-order valence-corrected chi connectivity index (χ1v) is 4.88. The zero-order chi connectivity index (χ0) is 11.1. The summed E-state index contributed by atoms with van der Waals surface area (Å²) in [6.07, 6.45) is 2.21. The zero-order valence-corrected chi connectivity index (χ0v) is 8.13. The van der Waals surface area contributed by atoms with Crippen LogP contribution in [0, 0.1) is 11.6 Å². The van der Waals surface area contributed by atoms with Gasteiger partial charge < -0.3 is 10.2 Å². The fraction of sp³-hybridized carbons (Fsp3) is 0.455. The summed E-state index contributed by atoms with van der Waals surface area (Å²) in [6.45, 7) is -0.191. The molecule has 1 aliphatic carbocycles. The molecule has 15 heavy (non-hydrogen) atoms. The predicted molar refractivity (Wildman–Crippen MR) is 50.6 cm³/mol. The highest BCUT2D eigenvalue weighted by atomic mass is 19.1. The Balaban J connectivity index is 2.51. The summed E-state index contributed by atoms with van der Waals surface area (Å²) in [5, 5.41) is 18.7. The molecular formula is C11H12F2O2. The van der Waals surface area contributed by atoms with Gasteiger partial charge in [-0.3, -0.25) is 0 Å². The van der Waals surface area contributed by atoms with Crippen LogP contribution in [-0.2, 0) is 5.41 Å². The van der Waals surface area contributed by atoms with E-state index in [9.17, 15) is 19.0 Å². The third kappa shape index (κ3) is 1.49. The highest BCUT2D eigenvalue weighted by Gasteiger charge is 2.40. The second kappa shape index (κ2) is 3.45. The predicted octanol–water partition coefficient (Wildman–Crippen LogP) is 2.08. The fourth-order valence-corrected chi connectivity index (χ4v) is 2.09. The van der Waals surface area contributed by atoms with Crippen LogP contribution in [0.4, 0.5) is 8.78 Å². The molecule has 0 radical (unpaired) electrons. The summed E-state index contributed by atoms with van der Waals surface area (Å²) in [7, 11) is 0. The van der Waals surface area contributed by atoms with E-state index in [1.807, 2.05) is 0 Å². The lowest BCUT2D eigenvalue weighted by atomic mass is 9.65. The van der Waals surface area contributed by atoms with Gasteiger partial charge in [-0.2, -0.15) is 0 Å². The molecule has 0 heterocycles. The molecule has 0 spiro atoms. The first kappa shape index (κ1) is 10.4. The summed E-state index contributed by atoms with van der Waals surface area (Å²) in [5.74, 6) is -2.23. The van der Waals surface area contributed by atoms with Gasteiger partial charge in [0, 0.05) is 17.0 Å². The van der Waals surface area contributed by atoms with E-state index in [1.165, 1.54) is 0 Å². The summed E-state index contributed by atoms with van der Waals surface area (Å²) in [5.41, 5.74) is -0.457. The molecule has 1 aliphatic rings. The van der Waals surface area contributed by atoms with Crippen LogP contribution in [-0.4, -0.2) is 16.8 Å². The minimum atomic E-state index is -0.968. The maximum atomic E-state index is 13.1. The number of phenols is 1. The third-order valence-corrected chi connectivity index (χ3v) is 3.21. The number of halogens is 2. The quantitative estimate of drug-likeness (QED) is 0.791. The van der Waals surface area contributed by atoms with Gasteiger partial charge in [-0.05, 0) is 18.9 Å². The van der Waals surface area contributed by atoms with Crippen molar-refractivity contribution < 1.29 is 19.0 Å².